The van der Waals surface area contributed by atoms with Gasteiger partial charge in [-0.25, -0.2) is 4.98 Å². The lowest BCUT2D eigenvalue weighted by Gasteiger charge is -2.09. The van der Waals surface area contributed by atoms with Gasteiger partial charge in [-0.1, -0.05) is 6.07 Å². The van der Waals surface area contributed by atoms with E-state index in [0.29, 0.717) is 5.88 Å². The topological polar surface area (TPSA) is 38.7 Å². The second kappa shape index (κ2) is 5.80. The van der Waals surface area contributed by atoms with Crippen LogP contribution in [0.3, 0.4) is 0 Å². The Bertz CT molecular complexity index is 699. The van der Waals surface area contributed by atoms with E-state index in [1.54, 1.807) is 24.8 Å². The van der Waals surface area contributed by atoms with E-state index in [1.807, 2.05) is 36.4 Å². The zero-order valence-electron chi connectivity index (χ0n) is 10.7. The van der Waals surface area contributed by atoms with Crippen LogP contribution in [0.15, 0.2) is 61.2 Å². The van der Waals surface area contributed by atoms with E-state index in [-0.39, 0.29) is 0 Å². The fourth-order valence-electron chi connectivity index (χ4n) is 2.04. The lowest BCUT2D eigenvalue weighted by molar-refractivity contribution is 1.23. The molecular formula is C16H12ClN3. The normalized spacial score (nSPS) is 10.4. The maximum atomic E-state index is 6.01. The summed E-state index contributed by atoms with van der Waals surface area (Å²) in [5, 5.41) is 0. The SMILES string of the molecule is ClCc1ccc(-c2ccncc2)nc1-c1ccncc1. The Balaban J connectivity index is 2.13. The number of alkyl halides is 1. The highest BCUT2D eigenvalue weighted by molar-refractivity contribution is 6.17. The Morgan fingerprint density at radius 3 is 1.95 bits per heavy atom. The molecular weight excluding hydrogens is 270 g/mol. The van der Waals surface area contributed by atoms with Crippen LogP contribution in [0.1, 0.15) is 5.56 Å². The van der Waals surface area contributed by atoms with Crippen molar-refractivity contribution in [3.8, 4) is 22.5 Å². The van der Waals surface area contributed by atoms with Gasteiger partial charge in [0.1, 0.15) is 0 Å². The Morgan fingerprint density at radius 2 is 1.35 bits per heavy atom. The third-order valence-corrected chi connectivity index (χ3v) is 3.34. The zero-order valence-corrected chi connectivity index (χ0v) is 11.5. The fraction of sp³-hybridized carbons (Fsp3) is 0.0625. The summed E-state index contributed by atoms with van der Waals surface area (Å²) in [5.41, 5.74) is 4.88. The summed E-state index contributed by atoms with van der Waals surface area (Å²) >= 11 is 6.01. The molecule has 3 heterocycles. The Labute approximate surface area is 122 Å². The van der Waals surface area contributed by atoms with Crippen LogP contribution < -0.4 is 0 Å². The molecule has 0 unspecified atom stereocenters. The predicted octanol–water partition coefficient (Wildman–Crippen LogP) is 3.94. The third-order valence-electron chi connectivity index (χ3n) is 3.05. The molecule has 3 nitrogen and oxygen atoms in total. The monoisotopic (exact) mass is 281 g/mol. The summed E-state index contributed by atoms with van der Waals surface area (Å²) < 4.78 is 0. The fourth-order valence-corrected chi connectivity index (χ4v) is 2.25. The standard InChI is InChI=1S/C16H12ClN3/c17-11-14-1-2-15(12-3-7-18-8-4-12)20-16(14)13-5-9-19-10-6-13/h1-10H,11H2. The van der Waals surface area contributed by atoms with Crippen molar-refractivity contribution in [2.75, 3.05) is 0 Å². The molecule has 0 aliphatic heterocycles. The Hall–Kier alpha value is -2.26. The summed E-state index contributed by atoms with van der Waals surface area (Å²) in [6.07, 6.45) is 7.04. The van der Waals surface area contributed by atoms with E-state index in [4.69, 9.17) is 16.6 Å². The van der Waals surface area contributed by atoms with E-state index in [2.05, 4.69) is 9.97 Å². The lowest BCUT2D eigenvalue weighted by Crippen LogP contribution is -1.94. The molecule has 20 heavy (non-hydrogen) atoms. The molecule has 0 saturated carbocycles. The highest BCUT2D eigenvalue weighted by atomic mass is 35.5. The van der Waals surface area contributed by atoms with Gasteiger partial charge in [0.25, 0.3) is 0 Å². The van der Waals surface area contributed by atoms with Crippen LogP contribution >= 0.6 is 11.6 Å². The molecule has 0 fully saturated rings. The van der Waals surface area contributed by atoms with Crippen LogP contribution in [-0.2, 0) is 5.88 Å². The molecule has 0 amide bonds. The maximum Gasteiger partial charge on any atom is 0.0754 e. The molecule has 0 saturated heterocycles. The van der Waals surface area contributed by atoms with Gasteiger partial charge < -0.3 is 0 Å². The quantitative estimate of drug-likeness (QED) is 0.683. The molecule has 3 aromatic rings. The van der Waals surface area contributed by atoms with E-state index >= 15 is 0 Å². The predicted molar refractivity (Wildman–Crippen MR) is 80.3 cm³/mol. The van der Waals surface area contributed by atoms with Crippen molar-refractivity contribution in [2.24, 2.45) is 0 Å². The largest absolute Gasteiger partial charge is 0.265 e. The first-order valence-electron chi connectivity index (χ1n) is 6.25. The number of pyridine rings is 3. The van der Waals surface area contributed by atoms with Crippen LogP contribution in [0, 0.1) is 0 Å². The van der Waals surface area contributed by atoms with Crippen molar-refractivity contribution in [3.05, 3.63) is 66.7 Å². The molecule has 3 rings (SSSR count). The minimum atomic E-state index is 0.432. The van der Waals surface area contributed by atoms with Gasteiger partial charge in [-0.2, -0.15) is 0 Å². The van der Waals surface area contributed by atoms with Gasteiger partial charge in [0.2, 0.25) is 0 Å². The van der Waals surface area contributed by atoms with Gasteiger partial charge in [0, 0.05) is 41.8 Å². The summed E-state index contributed by atoms with van der Waals surface area (Å²) in [5.74, 6) is 0.432. The number of hydrogen-bond donors (Lipinski definition) is 0. The first-order chi connectivity index (χ1) is 9.88. The van der Waals surface area contributed by atoms with Gasteiger partial charge >= 0.3 is 0 Å². The van der Waals surface area contributed by atoms with Crippen LogP contribution in [0.4, 0.5) is 0 Å². The van der Waals surface area contributed by atoms with Gasteiger partial charge in [-0.05, 0) is 35.9 Å². The number of nitrogens with zero attached hydrogens (tertiary/aromatic N) is 3. The first-order valence-corrected chi connectivity index (χ1v) is 6.78. The molecule has 3 aromatic heterocycles. The van der Waals surface area contributed by atoms with Crippen molar-refractivity contribution in [2.45, 2.75) is 5.88 Å². The van der Waals surface area contributed by atoms with Crippen LogP contribution in [0.25, 0.3) is 22.5 Å². The number of hydrogen-bond acceptors (Lipinski definition) is 3. The summed E-state index contributed by atoms with van der Waals surface area (Å²) in [7, 11) is 0. The molecule has 4 heteroatoms. The van der Waals surface area contributed by atoms with Crippen LogP contribution in [0.5, 0.6) is 0 Å². The number of rotatable bonds is 3. The van der Waals surface area contributed by atoms with E-state index in [9.17, 15) is 0 Å². The van der Waals surface area contributed by atoms with E-state index < -0.39 is 0 Å². The highest BCUT2D eigenvalue weighted by Gasteiger charge is 2.08. The van der Waals surface area contributed by atoms with Crippen molar-refractivity contribution in [3.63, 3.8) is 0 Å². The van der Waals surface area contributed by atoms with Crippen molar-refractivity contribution < 1.29 is 0 Å². The molecule has 0 atom stereocenters. The smallest absolute Gasteiger partial charge is 0.0754 e. The first kappa shape index (κ1) is 12.8. The third kappa shape index (κ3) is 2.53. The van der Waals surface area contributed by atoms with Gasteiger partial charge in [0.05, 0.1) is 11.4 Å². The Kier molecular flexibility index (Phi) is 3.70. The van der Waals surface area contributed by atoms with Crippen LogP contribution in [0.2, 0.25) is 0 Å². The molecule has 0 bridgehead atoms. The van der Waals surface area contributed by atoms with Gasteiger partial charge in [-0.15, -0.1) is 11.6 Å². The van der Waals surface area contributed by atoms with Crippen molar-refractivity contribution in [1.82, 2.24) is 15.0 Å². The minimum Gasteiger partial charge on any atom is -0.265 e. The zero-order chi connectivity index (χ0) is 13.8. The highest BCUT2D eigenvalue weighted by Crippen LogP contribution is 2.26. The second-order valence-corrected chi connectivity index (χ2v) is 4.58. The van der Waals surface area contributed by atoms with Crippen molar-refractivity contribution in [1.29, 1.82) is 0 Å². The minimum absolute atomic E-state index is 0.432. The van der Waals surface area contributed by atoms with E-state index in [0.717, 1.165) is 28.1 Å². The molecule has 0 N–H and O–H groups in total. The maximum absolute atomic E-state index is 6.01. The average molecular weight is 282 g/mol. The van der Waals surface area contributed by atoms with Crippen LogP contribution in [-0.4, -0.2) is 15.0 Å². The lowest BCUT2D eigenvalue weighted by atomic mass is 10.1. The molecule has 0 aliphatic rings. The summed E-state index contributed by atoms with van der Waals surface area (Å²) in [4.78, 5) is 12.8. The second-order valence-electron chi connectivity index (χ2n) is 4.31. The van der Waals surface area contributed by atoms with Gasteiger partial charge in [0.15, 0.2) is 0 Å². The molecule has 0 aromatic carbocycles. The molecule has 98 valence electrons. The van der Waals surface area contributed by atoms with Gasteiger partial charge in [-0.3, -0.25) is 9.97 Å². The van der Waals surface area contributed by atoms with E-state index in [1.165, 1.54) is 0 Å². The summed E-state index contributed by atoms with van der Waals surface area (Å²) in [6.45, 7) is 0. The molecule has 0 radical (unpaired) electrons. The number of halogens is 1. The summed E-state index contributed by atoms with van der Waals surface area (Å²) in [6, 6.07) is 11.8. The molecule has 0 aliphatic carbocycles. The average Bonchev–Trinajstić information content (AvgIpc) is 2.56. The molecule has 0 spiro atoms. The number of aromatic nitrogens is 3. The Morgan fingerprint density at radius 1 is 0.750 bits per heavy atom. The van der Waals surface area contributed by atoms with Crippen molar-refractivity contribution >= 4 is 11.6 Å².